The zero-order chi connectivity index (χ0) is 11.5. The first-order valence-electron chi connectivity index (χ1n) is 6.51. The topological polar surface area (TPSA) is 12.0 Å². The highest BCUT2D eigenvalue weighted by Gasteiger charge is 2.24. The van der Waals surface area contributed by atoms with Gasteiger partial charge in [-0.1, -0.05) is 26.2 Å². The Morgan fingerprint density at radius 1 is 1.44 bits per heavy atom. The van der Waals surface area contributed by atoms with Crippen LogP contribution < -0.4 is 5.32 Å². The van der Waals surface area contributed by atoms with Crippen molar-refractivity contribution in [1.29, 1.82) is 0 Å². The minimum atomic E-state index is 0.597. The van der Waals surface area contributed by atoms with Crippen LogP contribution in [0.2, 0.25) is 0 Å². The minimum absolute atomic E-state index is 0.597. The fourth-order valence-electron chi connectivity index (χ4n) is 2.62. The van der Waals surface area contributed by atoms with E-state index in [0.29, 0.717) is 6.04 Å². The van der Waals surface area contributed by atoms with Crippen molar-refractivity contribution in [3.63, 3.8) is 0 Å². The maximum Gasteiger partial charge on any atom is 0.0333 e. The van der Waals surface area contributed by atoms with E-state index in [1.54, 1.807) is 5.56 Å². The Kier molecular flexibility index (Phi) is 4.04. The Bertz CT molecular complexity index is 339. The molecule has 2 heteroatoms. The number of aryl methyl sites for hydroxylation is 2. The molecule has 1 aromatic rings. The molecule has 1 unspecified atom stereocenters. The summed E-state index contributed by atoms with van der Waals surface area (Å²) in [6, 6.07) is 2.98. The molecule has 2 rings (SSSR count). The van der Waals surface area contributed by atoms with Crippen LogP contribution in [-0.4, -0.2) is 6.54 Å². The van der Waals surface area contributed by atoms with Crippen LogP contribution in [0.25, 0.3) is 0 Å². The summed E-state index contributed by atoms with van der Waals surface area (Å²) >= 11 is 1.94. The van der Waals surface area contributed by atoms with Gasteiger partial charge >= 0.3 is 0 Å². The van der Waals surface area contributed by atoms with Gasteiger partial charge in [-0.2, -0.15) is 0 Å². The van der Waals surface area contributed by atoms with Gasteiger partial charge in [-0.3, -0.25) is 0 Å². The fourth-order valence-corrected chi connectivity index (χ4v) is 3.61. The van der Waals surface area contributed by atoms with Crippen LogP contribution in [-0.2, 0) is 0 Å². The van der Waals surface area contributed by atoms with Crippen molar-refractivity contribution in [2.75, 3.05) is 6.54 Å². The third-order valence-electron chi connectivity index (χ3n) is 3.70. The average Bonchev–Trinajstić information content (AvgIpc) is 2.49. The Labute approximate surface area is 103 Å². The van der Waals surface area contributed by atoms with Crippen LogP contribution in [0.15, 0.2) is 6.07 Å². The summed E-state index contributed by atoms with van der Waals surface area (Å²) in [5.74, 6) is 0.976. The van der Waals surface area contributed by atoms with Gasteiger partial charge in [0.15, 0.2) is 0 Å². The smallest absolute Gasteiger partial charge is 0.0333 e. The van der Waals surface area contributed by atoms with E-state index >= 15 is 0 Å². The second-order valence-corrected chi connectivity index (χ2v) is 6.47. The number of hydrogen-bond donors (Lipinski definition) is 1. The molecule has 0 amide bonds. The van der Waals surface area contributed by atoms with Crippen molar-refractivity contribution >= 4 is 11.3 Å². The monoisotopic (exact) mass is 237 g/mol. The zero-order valence-electron chi connectivity index (χ0n) is 10.7. The molecule has 0 aromatic carbocycles. The summed E-state index contributed by atoms with van der Waals surface area (Å²) in [5, 5.41) is 3.66. The molecule has 0 saturated heterocycles. The van der Waals surface area contributed by atoms with E-state index in [2.05, 4.69) is 32.2 Å². The van der Waals surface area contributed by atoms with E-state index in [9.17, 15) is 0 Å². The van der Waals surface area contributed by atoms with E-state index in [1.165, 1.54) is 35.4 Å². The van der Waals surface area contributed by atoms with E-state index in [0.717, 1.165) is 12.5 Å². The highest BCUT2D eigenvalue weighted by molar-refractivity contribution is 7.12. The highest BCUT2D eigenvalue weighted by atomic mass is 32.1. The van der Waals surface area contributed by atoms with Gasteiger partial charge in [0, 0.05) is 15.8 Å². The second kappa shape index (κ2) is 5.33. The van der Waals surface area contributed by atoms with Gasteiger partial charge in [0.05, 0.1) is 0 Å². The minimum Gasteiger partial charge on any atom is -0.310 e. The second-order valence-electron chi connectivity index (χ2n) is 5.01. The van der Waals surface area contributed by atoms with Crippen molar-refractivity contribution < 1.29 is 0 Å². The van der Waals surface area contributed by atoms with Crippen LogP contribution in [0.5, 0.6) is 0 Å². The Balaban J connectivity index is 2.07. The van der Waals surface area contributed by atoms with E-state index < -0.39 is 0 Å². The molecule has 1 nitrogen and oxygen atoms in total. The molecule has 1 aliphatic carbocycles. The van der Waals surface area contributed by atoms with Crippen molar-refractivity contribution in [1.82, 2.24) is 5.32 Å². The lowest BCUT2D eigenvalue weighted by molar-refractivity contribution is 0.262. The molecule has 1 fully saturated rings. The molecule has 0 spiro atoms. The van der Waals surface area contributed by atoms with Crippen LogP contribution in [0.3, 0.4) is 0 Å². The van der Waals surface area contributed by atoms with Crippen LogP contribution in [0.1, 0.15) is 54.0 Å². The molecule has 90 valence electrons. The van der Waals surface area contributed by atoms with Crippen molar-refractivity contribution in [2.45, 2.75) is 52.5 Å². The zero-order valence-corrected chi connectivity index (χ0v) is 11.5. The van der Waals surface area contributed by atoms with Gasteiger partial charge in [0.1, 0.15) is 0 Å². The van der Waals surface area contributed by atoms with Crippen LogP contribution in [0.4, 0.5) is 0 Å². The lowest BCUT2D eigenvalue weighted by atomic mass is 9.79. The molecule has 0 radical (unpaired) electrons. The Morgan fingerprint density at radius 3 is 2.62 bits per heavy atom. The van der Waals surface area contributed by atoms with Gasteiger partial charge in [-0.05, 0) is 44.4 Å². The molecule has 1 saturated carbocycles. The lowest BCUT2D eigenvalue weighted by Gasteiger charge is -2.30. The molecule has 1 aliphatic rings. The number of nitrogens with one attached hydrogen (secondary N) is 1. The molecule has 1 N–H and O–H groups in total. The Hall–Kier alpha value is -0.340. The fraction of sp³-hybridized carbons (Fsp3) is 0.714. The molecular weight excluding hydrogens is 214 g/mol. The van der Waals surface area contributed by atoms with Crippen LogP contribution in [0, 0.1) is 19.8 Å². The quantitative estimate of drug-likeness (QED) is 0.809. The predicted molar refractivity (Wildman–Crippen MR) is 72.2 cm³/mol. The predicted octanol–water partition coefficient (Wildman–Crippen LogP) is 4.21. The molecule has 0 bridgehead atoms. The first kappa shape index (κ1) is 12.1. The summed E-state index contributed by atoms with van der Waals surface area (Å²) in [6.07, 6.45) is 5.68. The van der Waals surface area contributed by atoms with Gasteiger partial charge in [-0.25, -0.2) is 0 Å². The van der Waals surface area contributed by atoms with Crippen molar-refractivity contribution in [3.8, 4) is 0 Å². The van der Waals surface area contributed by atoms with Crippen molar-refractivity contribution in [2.24, 2.45) is 5.92 Å². The molecule has 1 heterocycles. The first-order valence-corrected chi connectivity index (χ1v) is 7.32. The molecule has 1 atom stereocenters. The first-order chi connectivity index (χ1) is 7.70. The summed E-state index contributed by atoms with van der Waals surface area (Å²) < 4.78 is 0. The standard InChI is InChI=1S/C14H23NS/c1-4-15-14(9-12-6-5-7-12)13-8-10(2)16-11(13)3/h8,12,14-15H,4-7,9H2,1-3H3. The summed E-state index contributed by atoms with van der Waals surface area (Å²) in [7, 11) is 0. The largest absolute Gasteiger partial charge is 0.310 e. The summed E-state index contributed by atoms with van der Waals surface area (Å²) in [6.45, 7) is 7.76. The highest BCUT2D eigenvalue weighted by Crippen LogP contribution is 2.37. The van der Waals surface area contributed by atoms with Gasteiger partial charge in [0.2, 0.25) is 0 Å². The number of rotatable bonds is 5. The molecule has 1 aromatic heterocycles. The van der Waals surface area contributed by atoms with Gasteiger partial charge < -0.3 is 5.32 Å². The molecular formula is C14H23NS. The normalized spacial score (nSPS) is 18.4. The summed E-state index contributed by atoms with van der Waals surface area (Å²) in [5.41, 5.74) is 1.55. The van der Waals surface area contributed by atoms with Gasteiger partial charge in [-0.15, -0.1) is 11.3 Å². The SMILES string of the molecule is CCNC(CC1CCC1)c1cc(C)sc1C. The Morgan fingerprint density at radius 2 is 2.19 bits per heavy atom. The summed E-state index contributed by atoms with van der Waals surface area (Å²) in [4.78, 5) is 2.95. The molecule has 16 heavy (non-hydrogen) atoms. The average molecular weight is 237 g/mol. The lowest BCUT2D eigenvalue weighted by Crippen LogP contribution is -2.26. The maximum absolute atomic E-state index is 3.66. The van der Waals surface area contributed by atoms with Gasteiger partial charge in [0.25, 0.3) is 0 Å². The third kappa shape index (κ3) is 2.67. The van der Waals surface area contributed by atoms with Crippen molar-refractivity contribution in [3.05, 3.63) is 21.4 Å². The van der Waals surface area contributed by atoms with E-state index in [1.807, 2.05) is 11.3 Å². The van der Waals surface area contributed by atoms with Crippen LogP contribution >= 0.6 is 11.3 Å². The van der Waals surface area contributed by atoms with E-state index in [4.69, 9.17) is 0 Å². The third-order valence-corrected chi connectivity index (χ3v) is 4.68. The molecule has 0 aliphatic heterocycles. The number of thiophene rings is 1. The number of hydrogen-bond acceptors (Lipinski definition) is 2. The maximum atomic E-state index is 3.66. The van der Waals surface area contributed by atoms with E-state index in [-0.39, 0.29) is 0 Å².